The van der Waals surface area contributed by atoms with Gasteiger partial charge in [0.25, 0.3) is 0 Å². The Hall–Kier alpha value is -4.80. The molecule has 0 bridgehead atoms. The van der Waals surface area contributed by atoms with Gasteiger partial charge in [0.15, 0.2) is 6.10 Å². The Morgan fingerprint density at radius 3 is 0.950 bits per heavy atom. The molecule has 6 saturated heterocycles. The van der Waals surface area contributed by atoms with Crippen LogP contribution in [0.3, 0.4) is 0 Å². The van der Waals surface area contributed by atoms with Crippen molar-refractivity contribution in [1.29, 1.82) is 0 Å². The molecule has 18 N–H and O–H groups in total. The number of carbonyl (C=O) groups excluding carboxylic acids is 7. The second-order valence-corrected chi connectivity index (χ2v) is 26.2. The summed E-state index contributed by atoms with van der Waals surface area (Å²) in [7, 11) is 3.35. The molecule has 38 heteroatoms. The lowest BCUT2D eigenvalue weighted by Gasteiger charge is -2.49. The van der Waals surface area contributed by atoms with Crippen molar-refractivity contribution in [3.8, 4) is 0 Å². The number of nitrogens with one attached hydrogen (secondary N) is 1. The summed E-state index contributed by atoms with van der Waals surface area (Å²) in [6, 6.07) is 0. The number of carboxylic acid groups (broad SMARTS) is 5. The van der Waals surface area contributed by atoms with Crippen molar-refractivity contribution in [1.82, 2.24) is 5.32 Å². The van der Waals surface area contributed by atoms with E-state index in [9.17, 15) is 146 Å². The van der Waals surface area contributed by atoms with Crippen LogP contribution in [0, 0.1) is 35.5 Å². The molecule has 6 aliphatic rings. The summed E-state index contributed by atoms with van der Waals surface area (Å²) in [5.74, 6) is -17.8. The first-order chi connectivity index (χ1) is 46.5. The molecule has 0 aromatic carbocycles. The topological polar surface area (TPSA) is 659 Å². The number of likely N-dealkylation sites (N-methyl/N-ethyl adjacent to an activating group) is 1. The molecule has 1 amide bonds. The summed E-state index contributed by atoms with van der Waals surface area (Å²) in [6.07, 6.45) is -52.6. The third kappa shape index (κ3) is 20.8. The number of methoxy groups -OCH3 is 2. The fraction of sp³-hybridized carbons (Fsp3) is 0.871. The van der Waals surface area contributed by atoms with Crippen molar-refractivity contribution >= 4 is 48.3 Å². The number of amides is 1. The molecule has 36 atom stereocenters. The van der Waals surface area contributed by atoms with E-state index in [1.807, 2.05) is 0 Å². The quantitative estimate of drug-likeness (QED) is 0.0278. The van der Waals surface area contributed by atoms with Gasteiger partial charge in [-0.15, -0.1) is 0 Å². The van der Waals surface area contributed by atoms with Gasteiger partial charge in [-0.05, 0) is 76.0 Å². The molecule has 100 heavy (non-hydrogen) atoms. The number of ether oxygens (including phenoxy) is 8. The summed E-state index contributed by atoms with van der Waals surface area (Å²) in [5, 5.41) is 232. The molecule has 0 spiro atoms. The van der Waals surface area contributed by atoms with Crippen LogP contribution in [0.1, 0.15) is 98.3 Å². The molecule has 6 rings (SSSR count). The Balaban J connectivity index is 0.000000420. The van der Waals surface area contributed by atoms with E-state index in [1.54, 1.807) is 13.8 Å². The number of carboxylic acids is 5. The Morgan fingerprint density at radius 2 is 0.680 bits per heavy atom. The van der Waals surface area contributed by atoms with Gasteiger partial charge in [-0.1, -0.05) is 21.3 Å². The zero-order valence-corrected chi connectivity index (χ0v) is 54.7. The average molecular weight is 1450 g/mol. The van der Waals surface area contributed by atoms with E-state index in [0.29, 0.717) is 25.4 Å². The van der Waals surface area contributed by atoms with Crippen molar-refractivity contribution in [2.45, 2.75) is 281 Å². The van der Waals surface area contributed by atoms with Gasteiger partial charge in [-0.2, -0.15) is 0 Å². The molecule has 0 aliphatic carbocycles. The molecule has 6 fully saturated rings. The third-order valence-corrected chi connectivity index (χ3v) is 20.1. The standard InChI is InChI=1S/C31H51NO18.C30H48O19.CH4/c1-4-12(34)8-15(35)11(5-6-33)7-16-21(38)19(36)13(25(48-16)29(42)32-2)9-17-22(39)20(37)14(26(49-17)30(43)44)10-18-23(40)24(41)27(47-3)28(50-18)31(45)46;1-3-11(32)7-14(33)10(4-5-31)6-15-20(36)18(34)12(24(47-15)28(40)41)8-16-21(37)19(35)13(25(48-16)29(42)43)9-17-22(38)23(39)26(46-2)27(49-17)30(44)45;/h6,11-28,34-41H,4-5,7-10H2,1-3H3,(H,32,42)(H,43,44)(H,45,46);5,10-27,32-39H,3-4,6-9H2,1-2H3,(H,40,41)(H,42,43)(H,44,45);1H4/p-4. The van der Waals surface area contributed by atoms with Crippen LogP contribution < -0.4 is 25.7 Å². The average Bonchev–Trinajstić information content (AvgIpc) is 0.773. The van der Waals surface area contributed by atoms with Crippen molar-refractivity contribution in [2.24, 2.45) is 35.5 Å². The Bertz CT molecular complexity index is 2610. The molecule has 6 aliphatic heterocycles. The van der Waals surface area contributed by atoms with E-state index < -0.39 is 280 Å². The van der Waals surface area contributed by atoms with Crippen molar-refractivity contribution in [3.05, 3.63) is 0 Å². The zero-order valence-electron chi connectivity index (χ0n) is 54.7. The number of hydrogen-bond acceptors (Lipinski definition) is 36. The van der Waals surface area contributed by atoms with Gasteiger partial charge >= 0.3 is 5.97 Å². The maximum absolute atomic E-state index is 13.0. The summed E-state index contributed by atoms with van der Waals surface area (Å²) in [5.41, 5.74) is 0. The molecular formula is C62H99NO37-4. The molecule has 0 aromatic rings. The van der Waals surface area contributed by atoms with Crippen molar-refractivity contribution in [3.63, 3.8) is 0 Å². The molecular weight excluding hydrogens is 1350 g/mol. The molecule has 0 aromatic heterocycles. The van der Waals surface area contributed by atoms with Crippen molar-refractivity contribution in [2.75, 3.05) is 21.3 Å². The molecule has 578 valence electrons. The van der Waals surface area contributed by atoms with E-state index in [1.165, 1.54) is 7.05 Å². The maximum atomic E-state index is 13.0. The number of aliphatic hydroxyl groups excluding tert-OH is 16. The van der Waals surface area contributed by atoms with E-state index in [4.69, 9.17) is 37.9 Å². The van der Waals surface area contributed by atoms with E-state index in [2.05, 4.69) is 5.32 Å². The van der Waals surface area contributed by atoms with Crippen LogP contribution in [0.15, 0.2) is 0 Å². The normalized spacial score (nSPS) is 41.0. The predicted molar refractivity (Wildman–Crippen MR) is 318 cm³/mol. The predicted octanol–water partition coefficient (Wildman–Crippen LogP) is -13.3. The fourth-order valence-electron chi connectivity index (χ4n) is 14.2. The SMILES string of the molecule is C.CCC(O)CC(O)C(CC=O)CC1OC(C(=O)NC)C(CC2OC(C(=O)[O-])C(CC3OC(C(=O)[O-])C(OC)C(O)C3O)C(O)C2O)C(O)C1O.CCC(O)CC(O)C(CC=O)CC1OC(C(=O)O)C(CC2OC(C(=O)[O-])C(CC3OC(C(=O)[O-])C(OC)C(O)C3O)C(O)C2O)C(O)C1O. The number of carbonyl (C=O) groups is 8. The van der Waals surface area contributed by atoms with Gasteiger partial charge in [-0.25, -0.2) is 4.79 Å². The minimum atomic E-state index is -2.08. The van der Waals surface area contributed by atoms with Crippen LogP contribution in [0.4, 0.5) is 0 Å². The summed E-state index contributed by atoms with van der Waals surface area (Å²) in [6.45, 7) is 3.36. The first kappa shape index (κ1) is 87.6. The molecule has 0 radical (unpaired) electrons. The highest BCUT2D eigenvalue weighted by molar-refractivity contribution is 5.81. The summed E-state index contributed by atoms with van der Waals surface area (Å²) in [4.78, 5) is 95.5. The second-order valence-electron chi connectivity index (χ2n) is 26.2. The third-order valence-electron chi connectivity index (χ3n) is 20.1. The van der Waals surface area contributed by atoms with Crippen LogP contribution >= 0.6 is 0 Å². The lowest BCUT2D eigenvalue weighted by molar-refractivity contribution is -0.340. The summed E-state index contributed by atoms with van der Waals surface area (Å²) >= 11 is 0. The zero-order chi connectivity index (χ0) is 74.5. The van der Waals surface area contributed by atoms with Gasteiger partial charge in [0.2, 0.25) is 5.91 Å². The fourth-order valence-corrected chi connectivity index (χ4v) is 14.2. The van der Waals surface area contributed by atoms with Crippen molar-refractivity contribution < 1.29 is 183 Å². The van der Waals surface area contributed by atoms with E-state index in [0.717, 1.165) is 14.2 Å². The highest BCUT2D eigenvalue weighted by atomic mass is 16.6. The Morgan fingerprint density at radius 1 is 0.420 bits per heavy atom. The molecule has 0 saturated carbocycles. The number of aliphatic carboxylic acids is 5. The van der Waals surface area contributed by atoms with Crippen LogP contribution in [-0.2, 0) is 76.3 Å². The minimum absolute atomic E-state index is 0. The molecule has 38 nitrogen and oxygen atoms in total. The Kier molecular flexibility index (Phi) is 34.5. The van der Waals surface area contributed by atoms with Gasteiger partial charge in [0.1, 0.15) is 104 Å². The first-order valence-electron chi connectivity index (χ1n) is 32.5. The highest BCUT2D eigenvalue weighted by Crippen LogP contribution is 2.43. The Labute approximate surface area is 573 Å². The summed E-state index contributed by atoms with van der Waals surface area (Å²) < 4.78 is 43.1. The number of aliphatic hydroxyl groups is 16. The largest absolute Gasteiger partial charge is 0.547 e. The lowest BCUT2D eigenvalue weighted by atomic mass is 9.75. The van der Waals surface area contributed by atoms with Gasteiger partial charge in [0.05, 0.1) is 109 Å². The smallest absolute Gasteiger partial charge is 0.333 e. The van der Waals surface area contributed by atoms with Crippen LogP contribution in [0.25, 0.3) is 0 Å². The monoisotopic (exact) mass is 1450 g/mol. The van der Waals surface area contributed by atoms with Gasteiger partial charge in [-0.3, -0.25) is 4.79 Å². The van der Waals surface area contributed by atoms with Crippen LogP contribution in [-0.4, -0.2) is 340 Å². The number of rotatable bonds is 32. The lowest BCUT2D eigenvalue weighted by Crippen LogP contribution is -2.65. The maximum Gasteiger partial charge on any atom is 0.333 e. The molecule has 36 unspecified atom stereocenters. The first-order valence-corrected chi connectivity index (χ1v) is 32.5. The number of hydrogen-bond donors (Lipinski definition) is 18. The van der Waals surface area contributed by atoms with Crippen LogP contribution in [0.5, 0.6) is 0 Å². The molecule has 6 heterocycles. The minimum Gasteiger partial charge on any atom is -0.547 e. The van der Waals surface area contributed by atoms with Gasteiger partial charge < -0.3 is 179 Å². The number of aldehydes is 2. The van der Waals surface area contributed by atoms with Crippen LogP contribution in [0.2, 0.25) is 0 Å². The van der Waals surface area contributed by atoms with E-state index in [-0.39, 0.29) is 46.0 Å². The highest BCUT2D eigenvalue weighted by Gasteiger charge is 2.57. The van der Waals surface area contributed by atoms with E-state index >= 15 is 0 Å². The van der Waals surface area contributed by atoms with Gasteiger partial charge in [0, 0.05) is 57.8 Å². The second kappa shape index (κ2) is 39.4.